The van der Waals surface area contributed by atoms with Gasteiger partial charge in [0.25, 0.3) is 0 Å². The van der Waals surface area contributed by atoms with Gasteiger partial charge in [-0.25, -0.2) is 0 Å². The van der Waals surface area contributed by atoms with Gasteiger partial charge in [0, 0.05) is 0 Å². The molecule has 2 rings (SSSR count). The second kappa shape index (κ2) is 3.11. The van der Waals surface area contributed by atoms with Gasteiger partial charge in [0.15, 0.2) is 0 Å². The molecular formula is C8H6AsN3. The maximum atomic E-state index is 4.03. The summed E-state index contributed by atoms with van der Waals surface area (Å²) < 4.78 is 1.01. The molecule has 4 heteroatoms. The van der Waals surface area contributed by atoms with Gasteiger partial charge < -0.3 is 0 Å². The molecule has 58 valence electrons. The number of H-pyrrole nitrogens is 1. The Morgan fingerprint density at radius 3 is 2.83 bits per heavy atom. The summed E-state index contributed by atoms with van der Waals surface area (Å²) >= 11 is 2.45. The Hall–Kier alpha value is -1.08. The van der Waals surface area contributed by atoms with Crippen LogP contribution in [0, 0.1) is 0 Å². The number of nitrogens with zero attached hydrogens (tertiary/aromatic N) is 2. The molecule has 2 radical (unpaired) electrons. The van der Waals surface area contributed by atoms with Gasteiger partial charge in [-0.15, -0.1) is 0 Å². The Labute approximate surface area is 78.7 Å². The molecule has 0 spiro atoms. The van der Waals surface area contributed by atoms with Crippen molar-refractivity contribution in [2.45, 2.75) is 0 Å². The molecule has 3 nitrogen and oxygen atoms in total. The van der Waals surface area contributed by atoms with E-state index in [4.69, 9.17) is 0 Å². The number of hydrogen-bond donors (Lipinski definition) is 1. The van der Waals surface area contributed by atoms with Gasteiger partial charge in [-0.1, -0.05) is 0 Å². The fourth-order valence-electron chi connectivity index (χ4n) is 1.01. The topological polar surface area (TPSA) is 41.6 Å². The van der Waals surface area contributed by atoms with Crippen molar-refractivity contribution < 1.29 is 0 Å². The van der Waals surface area contributed by atoms with Crippen molar-refractivity contribution in [3.63, 3.8) is 0 Å². The van der Waals surface area contributed by atoms with Gasteiger partial charge in [0.1, 0.15) is 0 Å². The summed E-state index contributed by atoms with van der Waals surface area (Å²) in [7, 11) is 0. The molecule has 0 saturated heterocycles. The molecule has 1 N–H and O–H groups in total. The predicted molar refractivity (Wildman–Crippen MR) is 47.2 cm³/mol. The minimum atomic E-state index is 1.01. The van der Waals surface area contributed by atoms with E-state index in [0.29, 0.717) is 0 Å². The normalized spacial score (nSPS) is 10.1. The van der Waals surface area contributed by atoms with E-state index in [2.05, 4.69) is 32.0 Å². The van der Waals surface area contributed by atoms with Crippen LogP contribution < -0.4 is 4.48 Å². The fraction of sp³-hybridized carbons (Fsp3) is 0. The number of aromatic amines is 1. The summed E-state index contributed by atoms with van der Waals surface area (Å²) in [5, 5.41) is 6.79. The number of hydrogen-bond acceptors (Lipinski definition) is 2. The van der Waals surface area contributed by atoms with Gasteiger partial charge in [0.2, 0.25) is 0 Å². The fourth-order valence-corrected chi connectivity index (χ4v) is 1.53. The van der Waals surface area contributed by atoms with Crippen LogP contribution in [0.3, 0.4) is 0 Å². The molecule has 0 unspecified atom stereocenters. The molecule has 0 aliphatic rings. The zero-order chi connectivity index (χ0) is 8.39. The van der Waals surface area contributed by atoms with E-state index < -0.39 is 0 Å². The molecule has 12 heavy (non-hydrogen) atoms. The zero-order valence-corrected chi connectivity index (χ0v) is 8.10. The van der Waals surface area contributed by atoms with Crippen LogP contribution in [0.2, 0.25) is 0 Å². The summed E-state index contributed by atoms with van der Waals surface area (Å²) in [5.74, 6) is 0. The molecule has 0 aliphatic heterocycles. The summed E-state index contributed by atoms with van der Waals surface area (Å²) in [5.41, 5.74) is 2.17. The molecule has 0 atom stereocenters. The molecule has 0 bridgehead atoms. The third kappa shape index (κ3) is 1.28. The number of aromatic nitrogens is 3. The first-order valence-electron chi connectivity index (χ1n) is 3.50. The van der Waals surface area contributed by atoms with Crippen LogP contribution in [0.1, 0.15) is 0 Å². The van der Waals surface area contributed by atoms with Gasteiger partial charge in [-0.2, -0.15) is 0 Å². The monoisotopic (exact) mass is 219 g/mol. The van der Waals surface area contributed by atoms with E-state index >= 15 is 0 Å². The average molecular weight is 219 g/mol. The van der Waals surface area contributed by atoms with Gasteiger partial charge >= 0.3 is 78.4 Å². The van der Waals surface area contributed by atoms with Crippen molar-refractivity contribution in [3.05, 3.63) is 30.7 Å². The second-order valence-electron chi connectivity index (χ2n) is 2.37. The van der Waals surface area contributed by atoms with Crippen LogP contribution >= 0.6 is 0 Å². The Balaban J connectivity index is 2.51. The van der Waals surface area contributed by atoms with Crippen molar-refractivity contribution in [2.75, 3.05) is 0 Å². The van der Waals surface area contributed by atoms with Crippen molar-refractivity contribution in [1.82, 2.24) is 15.2 Å². The van der Waals surface area contributed by atoms with Crippen molar-refractivity contribution in [2.24, 2.45) is 0 Å². The van der Waals surface area contributed by atoms with Crippen molar-refractivity contribution in [3.8, 4) is 11.1 Å². The number of nitrogens with one attached hydrogen (secondary N) is 1. The Kier molecular flexibility index (Phi) is 1.96. The summed E-state index contributed by atoms with van der Waals surface area (Å²) in [4.78, 5) is 4.03. The van der Waals surface area contributed by atoms with E-state index in [9.17, 15) is 0 Å². The van der Waals surface area contributed by atoms with E-state index in [1.807, 2.05) is 18.3 Å². The molecule has 2 heterocycles. The van der Waals surface area contributed by atoms with E-state index in [1.165, 1.54) is 0 Å². The Bertz CT molecular complexity index is 369. The summed E-state index contributed by atoms with van der Waals surface area (Å²) in [6, 6.07) is 3.92. The maximum absolute atomic E-state index is 4.03. The molecule has 0 aromatic carbocycles. The van der Waals surface area contributed by atoms with Crippen molar-refractivity contribution in [1.29, 1.82) is 0 Å². The molecule has 2 aromatic heterocycles. The molecule has 0 fully saturated rings. The first kappa shape index (κ1) is 7.56. The van der Waals surface area contributed by atoms with Crippen molar-refractivity contribution >= 4 is 21.3 Å². The molecule has 0 amide bonds. The summed E-state index contributed by atoms with van der Waals surface area (Å²) in [6.07, 6.45) is 5.38. The van der Waals surface area contributed by atoms with Gasteiger partial charge in [0.05, 0.1) is 0 Å². The van der Waals surface area contributed by atoms with Crippen LogP contribution in [-0.2, 0) is 0 Å². The minimum absolute atomic E-state index is 1.01. The quantitative estimate of drug-likeness (QED) is 0.699. The zero-order valence-electron chi connectivity index (χ0n) is 6.23. The predicted octanol–water partition coefficient (Wildman–Crippen LogP) is 0.265. The molecule has 0 aliphatic carbocycles. The van der Waals surface area contributed by atoms with Gasteiger partial charge in [-0.05, 0) is 0 Å². The van der Waals surface area contributed by atoms with Crippen LogP contribution in [0.4, 0.5) is 0 Å². The Morgan fingerprint density at radius 2 is 2.25 bits per heavy atom. The van der Waals surface area contributed by atoms with Crippen LogP contribution in [0.15, 0.2) is 30.7 Å². The molecule has 2 aromatic rings. The third-order valence-electron chi connectivity index (χ3n) is 1.59. The second-order valence-corrected chi connectivity index (χ2v) is 3.31. The van der Waals surface area contributed by atoms with Crippen LogP contribution in [0.5, 0.6) is 0 Å². The SMILES string of the molecule is [As]c1[nH]ncc1-c1cccnc1. The number of pyridine rings is 1. The average Bonchev–Trinajstić information content (AvgIpc) is 2.53. The first-order valence-corrected chi connectivity index (χ1v) is 4.44. The van der Waals surface area contributed by atoms with E-state index in [-0.39, 0.29) is 0 Å². The van der Waals surface area contributed by atoms with Crippen LogP contribution in [0.25, 0.3) is 11.1 Å². The Morgan fingerprint density at radius 1 is 1.33 bits per heavy atom. The van der Waals surface area contributed by atoms with Crippen LogP contribution in [-0.4, -0.2) is 32.0 Å². The van der Waals surface area contributed by atoms with Gasteiger partial charge in [-0.3, -0.25) is 0 Å². The number of rotatable bonds is 1. The first-order chi connectivity index (χ1) is 5.88. The molecule has 0 saturated carbocycles. The standard InChI is InChI=1S/C8H6AsN3/c9-8-7(5-11-12-8)6-2-1-3-10-4-6/h1-5H,(H,11,12). The third-order valence-corrected chi connectivity index (χ3v) is 2.31. The molecular weight excluding hydrogens is 213 g/mol. The summed E-state index contributed by atoms with van der Waals surface area (Å²) in [6.45, 7) is 0. The van der Waals surface area contributed by atoms with E-state index in [1.54, 1.807) is 12.4 Å². The van der Waals surface area contributed by atoms with E-state index in [0.717, 1.165) is 15.6 Å².